The van der Waals surface area contributed by atoms with Gasteiger partial charge in [-0.15, -0.1) is 0 Å². The molecule has 1 aromatic carbocycles. The third kappa shape index (κ3) is 0.993. The fraction of sp³-hybridized carbons (Fsp3) is 0. The molecule has 0 amide bonds. The van der Waals surface area contributed by atoms with Gasteiger partial charge in [-0.2, -0.15) is 0 Å². The minimum atomic E-state index is -0.410. The van der Waals surface area contributed by atoms with E-state index in [0.29, 0.717) is 10.9 Å². The van der Waals surface area contributed by atoms with Crippen LogP contribution in [0.25, 0.3) is 10.9 Å². The van der Waals surface area contributed by atoms with Crippen molar-refractivity contribution in [2.45, 2.75) is 0 Å². The second kappa shape index (κ2) is 2.44. The van der Waals surface area contributed by atoms with Gasteiger partial charge in [0.1, 0.15) is 5.82 Å². The van der Waals surface area contributed by atoms with Crippen molar-refractivity contribution in [3.05, 3.63) is 46.5 Å². The molecular formula is C9H5FNO. The molecule has 0 fully saturated rings. The van der Waals surface area contributed by atoms with Crippen molar-refractivity contribution in [3.8, 4) is 0 Å². The number of pyridine rings is 1. The Morgan fingerprint density at radius 1 is 1.42 bits per heavy atom. The summed E-state index contributed by atoms with van der Waals surface area (Å²) in [5.74, 6) is -0.410. The van der Waals surface area contributed by atoms with Crippen molar-refractivity contribution in [2.24, 2.45) is 0 Å². The third-order valence-corrected chi connectivity index (χ3v) is 1.66. The van der Waals surface area contributed by atoms with Crippen LogP contribution in [0.5, 0.6) is 0 Å². The topological polar surface area (TPSA) is 32.9 Å². The number of rotatable bonds is 0. The van der Waals surface area contributed by atoms with Crippen LogP contribution in [0.1, 0.15) is 0 Å². The van der Waals surface area contributed by atoms with Crippen LogP contribution < -0.4 is 5.43 Å². The summed E-state index contributed by atoms with van der Waals surface area (Å²) >= 11 is 0. The van der Waals surface area contributed by atoms with Crippen molar-refractivity contribution >= 4 is 10.9 Å². The van der Waals surface area contributed by atoms with Crippen molar-refractivity contribution in [3.63, 3.8) is 0 Å². The normalized spacial score (nSPS) is 10.4. The molecule has 0 aliphatic carbocycles. The maximum Gasteiger partial charge on any atom is 0.197 e. The van der Waals surface area contributed by atoms with Gasteiger partial charge in [0.2, 0.25) is 0 Å². The number of H-pyrrole nitrogens is 1. The number of hydrogen-bond donors (Lipinski definition) is 1. The Bertz CT molecular complexity index is 475. The number of aromatic nitrogens is 1. The van der Waals surface area contributed by atoms with Crippen LogP contribution in [0, 0.1) is 11.9 Å². The monoisotopic (exact) mass is 162 g/mol. The Kier molecular flexibility index (Phi) is 1.43. The summed E-state index contributed by atoms with van der Waals surface area (Å²) in [6, 6.07) is 6.45. The van der Waals surface area contributed by atoms with Crippen LogP contribution in [0.4, 0.5) is 4.39 Å². The van der Waals surface area contributed by atoms with Crippen LogP contribution in [-0.2, 0) is 0 Å². The summed E-state index contributed by atoms with van der Waals surface area (Å²) in [7, 11) is 0. The second-order valence-corrected chi connectivity index (χ2v) is 2.45. The van der Waals surface area contributed by atoms with Crippen LogP contribution in [0.2, 0.25) is 0 Å². The predicted octanol–water partition coefficient (Wildman–Crippen LogP) is 1.47. The highest BCUT2D eigenvalue weighted by Crippen LogP contribution is 2.07. The molecule has 0 aliphatic rings. The van der Waals surface area contributed by atoms with E-state index >= 15 is 0 Å². The Morgan fingerprint density at radius 3 is 3.08 bits per heavy atom. The molecule has 2 aromatic rings. The van der Waals surface area contributed by atoms with E-state index in [2.05, 4.69) is 11.1 Å². The number of nitrogens with one attached hydrogen (secondary N) is 1. The standard InChI is InChI=1S/C9H5FNO/c10-6-1-2-8-7(5-6)9(12)3-4-11-8/h1-2,4-5H,(H,11,12). The molecular weight excluding hydrogens is 157 g/mol. The average Bonchev–Trinajstić information content (AvgIpc) is 2.07. The van der Waals surface area contributed by atoms with Crippen LogP contribution in [-0.4, -0.2) is 4.98 Å². The van der Waals surface area contributed by atoms with E-state index in [1.165, 1.54) is 24.4 Å². The largest absolute Gasteiger partial charge is 0.360 e. The van der Waals surface area contributed by atoms with Gasteiger partial charge in [-0.25, -0.2) is 4.39 Å². The molecule has 1 N–H and O–H groups in total. The van der Waals surface area contributed by atoms with E-state index in [9.17, 15) is 9.18 Å². The summed E-state index contributed by atoms with van der Waals surface area (Å²) in [5, 5.41) is 0.331. The molecule has 1 aromatic heterocycles. The number of hydrogen-bond acceptors (Lipinski definition) is 1. The van der Waals surface area contributed by atoms with Gasteiger partial charge in [-0.05, 0) is 18.2 Å². The SMILES string of the molecule is O=c1[c]c[nH]c2ccc(F)cc12. The lowest BCUT2D eigenvalue weighted by molar-refractivity contribution is 0.629. The fourth-order valence-electron chi connectivity index (χ4n) is 1.09. The van der Waals surface area contributed by atoms with Crippen molar-refractivity contribution in [2.75, 3.05) is 0 Å². The molecule has 0 saturated heterocycles. The van der Waals surface area contributed by atoms with Gasteiger partial charge < -0.3 is 4.98 Å². The van der Waals surface area contributed by atoms with E-state index in [0.717, 1.165) is 0 Å². The van der Waals surface area contributed by atoms with Gasteiger partial charge in [0.15, 0.2) is 5.43 Å². The molecule has 1 radical (unpaired) electrons. The zero-order valence-electron chi connectivity index (χ0n) is 6.10. The number of aromatic amines is 1. The molecule has 2 nitrogen and oxygen atoms in total. The maximum absolute atomic E-state index is 12.6. The highest BCUT2D eigenvalue weighted by Gasteiger charge is 1.98. The molecule has 0 atom stereocenters. The lowest BCUT2D eigenvalue weighted by atomic mass is 10.2. The first kappa shape index (κ1) is 7.03. The van der Waals surface area contributed by atoms with Gasteiger partial charge in [-0.3, -0.25) is 4.79 Å². The number of fused-ring (bicyclic) bond motifs is 1. The first-order valence-corrected chi connectivity index (χ1v) is 3.46. The molecule has 0 bridgehead atoms. The maximum atomic E-state index is 12.6. The van der Waals surface area contributed by atoms with E-state index in [1.54, 1.807) is 0 Å². The zero-order valence-corrected chi connectivity index (χ0v) is 6.10. The molecule has 1 heterocycles. The second-order valence-electron chi connectivity index (χ2n) is 2.45. The Labute approximate surface area is 67.7 Å². The molecule has 0 aliphatic heterocycles. The van der Waals surface area contributed by atoms with E-state index < -0.39 is 5.82 Å². The van der Waals surface area contributed by atoms with Gasteiger partial charge in [0.25, 0.3) is 0 Å². The molecule has 59 valence electrons. The summed E-state index contributed by atoms with van der Waals surface area (Å²) in [6.45, 7) is 0. The van der Waals surface area contributed by atoms with E-state index in [-0.39, 0.29) is 5.43 Å². The lowest BCUT2D eigenvalue weighted by Gasteiger charge is -1.94. The highest BCUT2D eigenvalue weighted by molar-refractivity contribution is 5.77. The Hall–Kier alpha value is -1.64. The van der Waals surface area contributed by atoms with Gasteiger partial charge in [-0.1, -0.05) is 0 Å². The zero-order chi connectivity index (χ0) is 8.55. The van der Waals surface area contributed by atoms with E-state index in [4.69, 9.17) is 0 Å². The lowest BCUT2D eigenvalue weighted by Crippen LogP contribution is -2.00. The van der Waals surface area contributed by atoms with Crippen LogP contribution in [0.3, 0.4) is 0 Å². The quantitative estimate of drug-likeness (QED) is 0.625. The summed E-state index contributed by atoms with van der Waals surface area (Å²) < 4.78 is 12.6. The van der Waals surface area contributed by atoms with Crippen LogP contribution in [0.15, 0.2) is 29.2 Å². The van der Waals surface area contributed by atoms with E-state index in [1.807, 2.05) is 0 Å². The third-order valence-electron chi connectivity index (χ3n) is 1.66. The highest BCUT2D eigenvalue weighted by atomic mass is 19.1. The summed E-state index contributed by atoms with van der Waals surface area (Å²) in [6.07, 6.45) is 1.42. The Morgan fingerprint density at radius 2 is 2.25 bits per heavy atom. The molecule has 3 heteroatoms. The molecule has 0 spiro atoms. The fourth-order valence-corrected chi connectivity index (χ4v) is 1.09. The van der Waals surface area contributed by atoms with Crippen LogP contribution >= 0.6 is 0 Å². The minimum Gasteiger partial charge on any atom is -0.360 e. The first-order valence-electron chi connectivity index (χ1n) is 3.46. The average molecular weight is 162 g/mol. The summed E-state index contributed by atoms with van der Waals surface area (Å²) in [4.78, 5) is 13.9. The van der Waals surface area contributed by atoms with Crippen molar-refractivity contribution in [1.29, 1.82) is 0 Å². The first-order chi connectivity index (χ1) is 5.77. The van der Waals surface area contributed by atoms with Gasteiger partial charge in [0.05, 0.1) is 6.07 Å². The molecule has 0 unspecified atom stereocenters. The Balaban J connectivity index is 2.98. The molecule has 2 rings (SSSR count). The minimum absolute atomic E-state index is 0.289. The number of halogens is 1. The summed E-state index contributed by atoms with van der Waals surface area (Å²) in [5.41, 5.74) is 0.336. The van der Waals surface area contributed by atoms with Crippen molar-refractivity contribution in [1.82, 2.24) is 4.98 Å². The van der Waals surface area contributed by atoms with Gasteiger partial charge >= 0.3 is 0 Å². The van der Waals surface area contributed by atoms with Crippen molar-refractivity contribution < 1.29 is 4.39 Å². The molecule has 12 heavy (non-hydrogen) atoms. The van der Waals surface area contributed by atoms with Gasteiger partial charge in [0, 0.05) is 17.1 Å². The molecule has 0 saturated carbocycles. The number of benzene rings is 1. The predicted molar refractivity (Wildman–Crippen MR) is 43.4 cm³/mol. The smallest absolute Gasteiger partial charge is 0.197 e.